The first-order valence-corrected chi connectivity index (χ1v) is 3.81. The summed E-state index contributed by atoms with van der Waals surface area (Å²) in [4.78, 5) is 10.3. The molecule has 0 aliphatic heterocycles. The molecule has 1 atom stereocenters. The van der Waals surface area contributed by atoms with E-state index >= 15 is 0 Å². The number of alkyl halides is 1. The predicted octanol–water partition coefficient (Wildman–Crippen LogP) is 0.172. The highest BCUT2D eigenvalue weighted by Gasteiger charge is 2.03. The zero-order valence-electron chi connectivity index (χ0n) is 3.32. The van der Waals surface area contributed by atoms with E-state index in [9.17, 15) is 4.79 Å². The van der Waals surface area contributed by atoms with Crippen LogP contribution in [-0.4, -0.2) is 9.96 Å². The molecule has 0 saturated carbocycles. The van der Waals surface area contributed by atoms with Crippen LogP contribution in [0.4, 0.5) is 0 Å². The highest BCUT2D eigenvalue weighted by atomic mass is 127. The zero-order chi connectivity index (χ0) is 5.86. The molecule has 42 valence electrons. The van der Waals surface area contributed by atoms with Crippen molar-refractivity contribution < 1.29 is 4.79 Å². The third-order valence-electron chi connectivity index (χ3n) is 0.344. The molecule has 0 heterocycles. The van der Waals surface area contributed by atoms with Crippen molar-refractivity contribution >= 4 is 51.4 Å². The largest absolute Gasteiger partial charge is 0.312 e. The molecule has 0 fully saturated rings. The molecule has 0 aromatic rings. The van der Waals surface area contributed by atoms with Crippen LogP contribution in [0, 0.1) is 0 Å². The van der Waals surface area contributed by atoms with E-state index in [0.717, 1.165) is 0 Å². The Hall–Kier alpha value is 0.890. The van der Waals surface area contributed by atoms with Gasteiger partial charge in [0.05, 0.1) is 22.9 Å². The third-order valence-corrected chi connectivity index (χ3v) is 1.44. The fraction of sp³-hybridized carbons (Fsp3) is 0.500. The Labute approximate surface area is 69.0 Å². The number of hydrogen-bond donors (Lipinski definition) is 2. The van der Waals surface area contributed by atoms with E-state index in [1.165, 1.54) is 0 Å². The minimum absolute atomic E-state index is 0.152. The fourth-order valence-corrected chi connectivity index (χ4v) is 1.14. The maximum absolute atomic E-state index is 10.3. The minimum atomic E-state index is -0.422. The van der Waals surface area contributed by atoms with Gasteiger partial charge in [-0.2, -0.15) is 0 Å². The molecule has 0 spiro atoms. The Morgan fingerprint density at radius 3 is 2.29 bits per heavy atom. The summed E-state index contributed by atoms with van der Waals surface area (Å²) in [5.74, 6) is -0.152. The Morgan fingerprint density at radius 1 is 1.86 bits per heavy atom. The summed E-state index contributed by atoms with van der Waals surface area (Å²) in [7, 11) is 0. The lowest BCUT2D eigenvalue weighted by molar-refractivity contribution is -0.117. The smallest absolute Gasteiger partial charge is 0.255 e. The van der Waals surface area contributed by atoms with Crippen LogP contribution >= 0.6 is 45.5 Å². The van der Waals surface area contributed by atoms with Gasteiger partial charge in [-0.3, -0.25) is 8.32 Å². The van der Waals surface area contributed by atoms with Crippen LogP contribution < -0.4 is 9.26 Å². The third kappa shape index (κ3) is 3.47. The topological polar surface area (TPSA) is 55.1 Å². The second kappa shape index (κ2) is 3.84. The summed E-state index contributed by atoms with van der Waals surface area (Å²) >= 11 is 3.57. The molecule has 0 saturated heterocycles. The molecule has 0 rings (SSSR count). The molecule has 0 radical (unpaired) electrons. The normalized spacial score (nSPS) is 13.0. The van der Waals surface area contributed by atoms with E-state index in [1.807, 2.05) is 22.6 Å². The maximum Gasteiger partial charge on any atom is 0.255 e. The highest BCUT2D eigenvalue weighted by molar-refractivity contribution is 14.1. The maximum atomic E-state index is 10.3. The monoisotopic (exact) mass is 326 g/mol. The number of nitrogens with one attached hydrogen (secondary N) is 1. The van der Waals surface area contributed by atoms with Crippen molar-refractivity contribution in [3.8, 4) is 0 Å². The van der Waals surface area contributed by atoms with E-state index < -0.39 is 4.05 Å². The van der Waals surface area contributed by atoms with Gasteiger partial charge in [0, 0.05) is 0 Å². The molecule has 3 nitrogen and oxygen atoms in total. The van der Waals surface area contributed by atoms with Crippen molar-refractivity contribution in [3.63, 3.8) is 0 Å². The minimum Gasteiger partial charge on any atom is -0.312 e. The molecule has 0 bridgehead atoms. The van der Waals surface area contributed by atoms with E-state index in [1.54, 1.807) is 22.9 Å². The number of amides is 1. The van der Waals surface area contributed by atoms with Gasteiger partial charge in [0.15, 0.2) is 0 Å². The van der Waals surface area contributed by atoms with Crippen LogP contribution in [0.25, 0.3) is 0 Å². The van der Waals surface area contributed by atoms with Crippen LogP contribution in [0.15, 0.2) is 0 Å². The van der Waals surface area contributed by atoms with Gasteiger partial charge in [-0.1, -0.05) is 22.6 Å². The summed E-state index contributed by atoms with van der Waals surface area (Å²) in [5, 5.41) is 0. The lowest BCUT2D eigenvalue weighted by atomic mass is 10.7. The van der Waals surface area contributed by atoms with Gasteiger partial charge in [0.2, 0.25) is 0 Å². The molecule has 0 aliphatic carbocycles. The lowest BCUT2D eigenvalue weighted by Gasteiger charge is -1.95. The molecule has 1 unspecified atom stereocenters. The van der Waals surface area contributed by atoms with Gasteiger partial charge in [0.25, 0.3) is 5.91 Å². The Bertz CT molecular complexity index is 74.1. The first kappa shape index (κ1) is 7.89. The molecule has 3 N–H and O–H groups in total. The summed E-state index contributed by atoms with van der Waals surface area (Å²) in [5.41, 5.74) is 5.12. The Kier molecular flexibility index (Phi) is 4.33. The zero-order valence-corrected chi connectivity index (χ0v) is 7.63. The Morgan fingerprint density at radius 2 is 2.29 bits per heavy atom. The molecular formula is C2H4I2N2O. The van der Waals surface area contributed by atoms with Gasteiger partial charge < -0.3 is 5.73 Å². The first-order chi connectivity index (χ1) is 3.18. The average Bonchev–Trinajstić information content (AvgIpc) is 1.65. The van der Waals surface area contributed by atoms with E-state index in [-0.39, 0.29) is 5.91 Å². The van der Waals surface area contributed by atoms with Gasteiger partial charge >= 0.3 is 0 Å². The lowest BCUT2D eigenvalue weighted by Crippen LogP contribution is -2.30. The van der Waals surface area contributed by atoms with E-state index in [0.29, 0.717) is 0 Å². The molecule has 5 heteroatoms. The standard InChI is InChI=1S/C2H4I2N2O/c3-1(5)2(7)6-4/h1H,5H2,(H,6,7). The van der Waals surface area contributed by atoms with Crippen LogP contribution in [0.1, 0.15) is 0 Å². The van der Waals surface area contributed by atoms with Crippen LogP contribution in [-0.2, 0) is 4.79 Å². The van der Waals surface area contributed by atoms with Crippen molar-refractivity contribution in [2.24, 2.45) is 5.73 Å². The van der Waals surface area contributed by atoms with Gasteiger partial charge in [-0.15, -0.1) is 0 Å². The van der Waals surface area contributed by atoms with Gasteiger partial charge in [-0.25, -0.2) is 0 Å². The molecule has 1 amide bonds. The summed E-state index contributed by atoms with van der Waals surface area (Å²) in [6, 6.07) is 0. The van der Waals surface area contributed by atoms with E-state index in [4.69, 9.17) is 5.73 Å². The second-order valence-electron chi connectivity index (χ2n) is 0.861. The number of halogens is 2. The Balaban J connectivity index is 3.35. The van der Waals surface area contributed by atoms with Crippen LogP contribution in [0.2, 0.25) is 0 Å². The molecule has 0 aliphatic rings. The van der Waals surface area contributed by atoms with Gasteiger partial charge in [-0.05, 0) is 0 Å². The highest BCUT2D eigenvalue weighted by Crippen LogP contribution is 1.90. The molecule has 7 heavy (non-hydrogen) atoms. The SMILES string of the molecule is NC(I)C(=O)NI. The number of carbonyl (C=O) groups excluding carboxylic acids is 1. The predicted molar refractivity (Wildman–Crippen MR) is 44.2 cm³/mol. The van der Waals surface area contributed by atoms with E-state index in [2.05, 4.69) is 3.53 Å². The second-order valence-corrected chi connectivity index (χ2v) is 2.74. The molecule has 0 aromatic carbocycles. The fourth-order valence-electron chi connectivity index (χ4n) is 0.0521. The number of hydrogen-bond acceptors (Lipinski definition) is 2. The summed E-state index contributed by atoms with van der Waals surface area (Å²) < 4.78 is 1.94. The number of carbonyl (C=O) groups is 1. The van der Waals surface area contributed by atoms with Crippen LogP contribution in [0.3, 0.4) is 0 Å². The van der Waals surface area contributed by atoms with Crippen molar-refractivity contribution in [3.05, 3.63) is 0 Å². The summed E-state index contributed by atoms with van der Waals surface area (Å²) in [6.45, 7) is 0. The first-order valence-electron chi connectivity index (χ1n) is 1.48. The van der Waals surface area contributed by atoms with Crippen molar-refractivity contribution in [2.75, 3.05) is 0 Å². The average molecular weight is 326 g/mol. The van der Waals surface area contributed by atoms with Crippen molar-refractivity contribution in [1.82, 2.24) is 3.53 Å². The summed E-state index contributed by atoms with van der Waals surface area (Å²) in [6.07, 6.45) is 0. The van der Waals surface area contributed by atoms with Crippen molar-refractivity contribution in [1.29, 1.82) is 0 Å². The van der Waals surface area contributed by atoms with Gasteiger partial charge in [0.1, 0.15) is 4.05 Å². The van der Waals surface area contributed by atoms with Crippen molar-refractivity contribution in [2.45, 2.75) is 4.05 Å². The number of nitrogens with two attached hydrogens (primary N) is 1. The molecular weight excluding hydrogens is 322 g/mol. The van der Waals surface area contributed by atoms with Crippen LogP contribution in [0.5, 0.6) is 0 Å². The molecule has 0 aromatic heterocycles. The quantitative estimate of drug-likeness (QED) is 0.313. The number of rotatable bonds is 1.